The van der Waals surface area contributed by atoms with Gasteiger partial charge in [-0.3, -0.25) is 4.99 Å². The zero-order valence-electron chi connectivity index (χ0n) is 18.1. The predicted molar refractivity (Wildman–Crippen MR) is 123 cm³/mol. The molecule has 0 saturated carbocycles. The molecule has 0 unspecified atom stereocenters. The van der Waals surface area contributed by atoms with Gasteiger partial charge in [0.15, 0.2) is 11.6 Å². The van der Waals surface area contributed by atoms with E-state index >= 15 is 0 Å². The Bertz CT molecular complexity index is 923. The first kappa shape index (κ1) is 24.4. The van der Waals surface area contributed by atoms with Gasteiger partial charge in [-0.15, -0.1) is 6.58 Å². The fourth-order valence-corrected chi connectivity index (χ4v) is 3.46. The van der Waals surface area contributed by atoms with Crippen LogP contribution in [0.5, 0.6) is 0 Å². The van der Waals surface area contributed by atoms with Gasteiger partial charge < -0.3 is 5.73 Å². The summed E-state index contributed by atoms with van der Waals surface area (Å²) in [5.41, 5.74) is 7.52. The molecule has 0 fully saturated rings. The Balaban J connectivity index is 1.92. The monoisotopic (exact) mass is 428 g/mol. The lowest BCUT2D eigenvalue weighted by Crippen LogP contribution is -2.04. The fraction of sp³-hybridized carbons (Fsp3) is 0.346. The van der Waals surface area contributed by atoms with Crippen molar-refractivity contribution in [3.05, 3.63) is 95.2 Å². The van der Waals surface area contributed by atoms with Crippen LogP contribution in [-0.2, 0) is 6.42 Å². The molecule has 31 heavy (non-hydrogen) atoms. The number of aryl methyl sites for hydroxylation is 2. The summed E-state index contributed by atoms with van der Waals surface area (Å²) in [5.74, 6) is -1.79. The van der Waals surface area contributed by atoms with Crippen LogP contribution in [0.25, 0.3) is 0 Å². The van der Waals surface area contributed by atoms with Gasteiger partial charge in [0, 0.05) is 11.8 Å². The lowest BCUT2D eigenvalue weighted by Gasteiger charge is -2.17. The minimum absolute atomic E-state index is 0.189. The van der Waals surface area contributed by atoms with Crippen LogP contribution in [0.3, 0.4) is 0 Å². The molecule has 0 spiro atoms. The number of aliphatic imine (C=N–C) groups is 1. The van der Waals surface area contributed by atoms with Gasteiger partial charge >= 0.3 is 0 Å². The largest absolute Gasteiger partial charge is 0.404 e. The summed E-state index contributed by atoms with van der Waals surface area (Å²) in [4.78, 5) is 4.25. The Morgan fingerprint density at radius 2 is 2.00 bits per heavy atom. The van der Waals surface area contributed by atoms with Crippen molar-refractivity contribution in [2.45, 2.75) is 51.9 Å². The number of allylic oxidation sites excluding steroid dienone is 5. The van der Waals surface area contributed by atoms with Crippen LogP contribution in [0.2, 0.25) is 0 Å². The highest BCUT2D eigenvalue weighted by molar-refractivity contribution is 5.79. The number of benzene rings is 1. The fourth-order valence-electron chi connectivity index (χ4n) is 3.46. The molecular weight excluding hydrogens is 397 g/mol. The van der Waals surface area contributed by atoms with Gasteiger partial charge in [-0.05, 0) is 80.3 Å². The van der Waals surface area contributed by atoms with E-state index in [4.69, 9.17) is 5.73 Å². The lowest BCUT2D eigenvalue weighted by atomic mass is 9.90. The highest BCUT2D eigenvalue weighted by Gasteiger charge is 2.17. The van der Waals surface area contributed by atoms with Gasteiger partial charge in [-0.25, -0.2) is 13.2 Å². The third-order valence-corrected chi connectivity index (χ3v) is 5.45. The Morgan fingerprint density at radius 3 is 2.68 bits per heavy atom. The van der Waals surface area contributed by atoms with Gasteiger partial charge in [0.05, 0.1) is 5.70 Å². The van der Waals surface area contributed by atoms with Crippen LogP contribution in [-0.4, -0.2) is 6.21 Å². The summed E-state index contributed by atoms with van der Waals surface area (Å²) in [7, 11) is 0. The maximum atomic E-state index is 14.5. The number of hydrogen-bond donors (Lipinski definition) is 1. The Kier molecular flexibility index (Phi) is 9.57. The Hall–Kier alpha value is -2.82. The molecule has 1 atom stereocenters. The van der Waals surface area contributed by atoms with Gasteiger partial charge in [0.25, 0.3) is 0 Å². The molecule has 0 aliphatic heterocycles. The molecule has 1 aliphatic rings. The van der Waals surface area contributed by atoms with E-state index in [-0.39, 0.29) is 29.3 Å². The van der Waals surface area contributed by atoms with Crippen molar-refractivity contribution in [2.24, 2.45) is 16.6 Å². The summed E-state index contributed by atoms with van der Waals surface area (Å²) < 4.78 is 42.3. The van der Waals surface area contributed by atoms with E-state index in [1.165, 1.54) is 19.3 Å². The molecule has 2 rings (SSSR count). The van der Waals surface area contributed by atoms with Crippen LogP contribution in [0.1, 0.15) is 49.7 Å². The molecule has 166 valence electrons. The molecule has 5 heteroatoms. The molecule has 0 bridgehead atoms. The molecule has 0 aromatic heterocycles. The zero-order chi connectivity index (χ0) is 22.8. The lowest BCUT2D eigenvalue weighted by molar-refractivity contribution is 0.493. The molecule has 0 heterocycles. The van der Waals surface area contributed by atoms with E-state index in [1.54, 1.807) is 18.2 Å². The van der Waals surface area contributed by atoms with Crippen molar-refractivity contribution >= 4 is 6.21 Å². The van der Waals surface area contributed by atoms with Crippen LogP contribution in [0.4, 0.5) is 13.2 Å². The second-order valence-electron chi connectivity index (χ2n) is 7.82. The van der Waals surface area contributed by atoms with Crippen molar-refractivity contribution < 1.29 is 13.2 Å². The molecule has 2 N–H and O–H groups in total. The quantitative estimate of drug-likeness (QED) is 0.226. The van der Waals surface area contributed by atoms with E-state index < -0.39 is 11.6 Å². The molecule has 1 aromatic carbocycles. The third kappa shape index (κ3) is 7.12. The van der Waals surface area contributed by atoms with Crippen molar-refractivity contribution in [1.82, 2.24) is 0 Å². The molecule has 2 nitrogen and oxygen atoms in total. The zero-order valence-corrected chi connectivity index (χ0v) is 18.1. The standard InChI is InChI=1S/C26H31F3N2/c1-4-5-6-7-8-20-11-14-23(24(27)15-20)19(3)31-17-21(16-30)10-13-22-12-9-18(2)25(28)26(22)29/h4,9,12,14-17,20H,1,3,5-8,10-11,13,30H2,2H3/b21-16-,31-17?/t20-/m0/s1. The molecular formula is C26H31F3N2. The predicted octanol–water partition coefficient (Wildman–Crippen LogP) is 7.18. The smallest absolute Gasteiger partial charge is 0.162 e. The number of rotatable bonds is 11. The van der Waals surface area contributed by atoms with Gasteiger partial charge in [0.1, 0.15) is 5.83 Å². The van der Waals surface area contributed by atoms with E-state index in [1.807, 2.05) is 12.2 Å². The molecule has 0 saturated heterocycles. The summed E-state index contributed by atoms with van der Waals surface area (Å²) in [6.07, 6.45) is 13.7. The van der Waals surface area contributed by atoms with E-state index in [0.717, 1.165) is 32.1 Å². The maximum Gasteiger partial charge on any atom is 0.162 e. The molecule has 1 aromatic rings. The topological polar surface area (TPSA) is 38.4 Å². The summed E-state index contributed by atoms with van der Waals surface area (Å²) in [6, 6.07) is 3.12. The van der Waals surface area contributed by atoms with Crippen LogP contribution < -0.4 is 5.73 Å². The second-order valence-corrected chi connectivity index (χ2v) is 7.82. The second kappa shape index (κ2) is 12.1. The maximum absolute atomic E-state index is 14.5. The van der Waals surface area contributed by atoms with Crippen LogP contribution >= 0.6 is 0 Å². The van der Waals surface area contributed by atoms with Crippen molar-refractivity contribution in [3.63, 3.8) is 0 Å². The molecule has 0 radical (unpaired) electrons. The van der Waals surface area contributed by atoms with Gasteiger partial charge in [-0.2, -0.15) is 0 Å². The molecule has 1 aliphatic carbocycles. The summed E-state index contributed by atoms with van der Waals surface area (Å²) >= 11 is 0. The average Bonchev–Trinajstić information content (AvgIpc) is 2.76. The summed E-state index contributed by atoms with van der Waals surface area (Å²) in [6.45, 7) is 9.09. The number of nitrogens with zero attached hydrogens (tertiary/aromatic N) is 1. The van der Waals surface area contributed by atoms with Crippen molar-refractivity contribution in [1.29, 1.82) is 0 Å². The first-order valence-corrected chi connectivity index (χ1v) is 10.6. The number of unbranched alkanes of at least 4 members (excludes halogenated alkanes) is 2. The Morgan fingerprint density at radius 1 is 1.23 bits per heavy atom. The minimum atomic E-state index is -0.837. The van der Waals surface area contributed by atoms with Gasteiger partial charge in [0.2, 0.25) is 0 Å². The van der Waals surface area contributed by atoms with Crippen LogP contribution in [0.15, 0.2) is 77.4 Å². The number of hydrogen-bond acceptors (Lipinski definition) is 2. The third-order valence-electron chi connectivity index (χ3n) is 5.45. The van der Waals surface area contributed by atoms with Crippen molar-refractivity contribution in [2.75, 3.05) is 0 Å². The summed E-state index contributed by atoms with van der Waals surface area (Å²) in [5, 5.41) is 0. The highest BCUT2D eigenvalue weighted by atomic mass is 19.2. The molecule has 0 amide bonds. The van der Waals surface area contributed by atoms with E-state index in [0.29, 0.717) is 23.3 Å². The SMILES string of the molecule is C=CCCCC[C@@H]1C=C(F)C(C(=C)N=C/C(=C\N)CCc2ccc(C)c(F)c2F)=CC1. The Labute approximate surface area is 183 Å². The average molecular weight is 429 g/mol. The first-order chi connectivity index (χ1) is 14.9. The number of nitrogens with two attached hydrogens (primary N) is 1. The minimum Gasteiger partial charge on any atom is -0.404 e. The number of halogens is 3. The van der Waals surface area contributed by atoms with Gasteiger partial charge in [-0.1, -0.05) is 37.3 Å². The van der Waals surface area contributed by atoms with Crippen molar-refractivity contribution in [3.8, 4) is 0 Å². The van der Waals surface area contributed by atoms with E-state index in [9.17, 15) is 13.2 Å². The van der Waals surface area contributed by atoms with E-state index in [2.05, 4.69) is 18.2 Å². The first-order valence-electron chi connectivity index (χ1n) is 10.6. The highest BCUT2D eigenvalue weighted by Crippen LogP contribution is 2.31. The van der Waals surface area contributed by atoms with Crippen LogP contribution in [0, 0.1) is 24.5 Å². The normalized spacial score (nSPS) is 16.9.